The monoisotopic (exact) mass is 403 g/mol. The number of halogens is 3. The molecular formula is C16H16ClFIN. The highest BCUT2D eigenvalue weighted by Gasteiger charge is 2.15. The van der Waals surface area contributed by atoms with Crippen LogP contribution in [0, 0.1) is 9.39 Å². The van der Waals surface area contributed by atoms with Gasteiger partial charge in [0.15, 0.2) is 0 Å². The van der Waals surface area contributed by atoms with Gasteiger partial charge in [-0.1, -0.05) is 36.7 Å². The largest absolute Gasteiger partial charge is 0.310 e. The zero-order valence-electron chi connectivity index (χ0n) is 11.2. The van der Waals surface area contributed by atoms with Gasteiger partial charge in [-0.15, -0.1) is 0 Å². The van der Waals surface area contributed by atoms with Crippen molar-refractivity contribution in [3.05, 3.63) is 68.0 Å². The van der Waals surface area contributed by atoms with Gasteiger partial charge in [0, 0.05) is 20.2 Å². The van der Waals surface area contributed by atoms with E-state index in [0.29, 0.717) is 17.0 Å². The number of benzene rings is 2. The summed E-state index contributed by atoms with van der Waals surface area (Å²) >= 11 is 8.39. The first-order chi connectivity index (χ1) is 9.61. The van der Waals surface area contributed by atoms with Crippen LogP contribution in [-0.2, 0) is 6.42 Å². The van der Waals surface area contributed by atoms with E-state index in [0.717, 1.165) is 12.1 Å². The third kappa shape index (κ3) is 3.93. The second-order valence-corrected chi connectivity index (χ2v) is 6.22. The fraction of sp³-hybridized carbons (Fsp3) is 0.250. The zero-order valence-corrected chi connectivity index (χ0v) is 14.1. The van der Waals surface area contributed by atoms with Crippen molar-refractivity contribution < 1.29 is 4.39 Å². The predicted octanol–water partition coefficient (Wildman–Crippen LogP) is 4.98. The van der Waals surface area contributed by atoms with Crippen molar-refractivity contribution in [2.24, 2.45) is 0 Å². The molecule has 0 aliphatic heterocycles. The number of rotatable bonds is 5. The van der Waals surface area contributed by atoms with E-state index in [-0.39, 0.29) is 11.9 Å². The molecule has 4 heteroatoms. The quantitative estimate of drug-likeness (QED) is 0.695. The van der Waals surface area contributed by atoms with Gasteiger partial charge in [-0.05, 0) is 65.4 Å². The maximum Gasteiger partial charge on any atom is 0.127 e. The van der Waals surface area contributed by atoms with E-state index in [9.17, 15) is 4.39 Å². The highest BCUT2D eigenvalue weighted by molar-refractivity contribution is 14.1. The highest BCUT2D eigenvalue weighted by Crippen LogP contribution is 2.26. The van der Waals surface area contributed by atoms with Crippen LogP contribution in [0.25, 0.3) is 0 Å². The van der Waals surface area contributed by atoms with Gasteiger partial charge in [0.1, 0.15) is 5.82 Å². The molecule has 0 radical (unpaired) electrons. The van der Waals surface area contributed by atoms with E-state index in [2.05, 4.69) is 52.2 Å². The Bertz CT molecular complexity index is 551. The van der Waals surface area contributed by atoms with Crippen LogP contribution in [-0.4, -0.2) is 6.54 Å². The molecule has 0 bridgehead atoms. The lowest BCUT2D eigenvalue weighted by Gasteiger charge is -2.19. The van der Waals surface area contributed by atoms with Crippen molar-refractivity contribution in [3.8, 4) is 0 Å². The summed E-state index contributed by atoms with van der Waals surface area (Å²) in [5.41, 5.74) is 1.71. The Kier molecular flexibility index (Phi) is 5.81. The van der Waals surface area contributed by atoms with Crippen molar-refractivity contribution in [2.75, 3.05) is 6.54 Å². The highest BCUT2D eigenvalue weighted by atomic mass is 127. The van der Waals surface area contributed by atoms with E-state index in [1.165, 1.54) is 9.64 Å². The summed E-state index contributed by atoms with van der Waals surface area (Å²) in [6, 6.07) is 13.1. The molecular weight excluding hydrogens is 388 g/mol. The van der Waals surface area contributed by atoms with Crippen molar-refractivity contribution in [3.63, 3.8) is 0 Å². The summed E-state index contributed by atoms with van der Waals surface area (Å²) in [7, 11) is 0. The molecule has 0 aliphatic carbocycles. The fourth-order valence-electron chi connectivity index (χ4n) is 2.18. The minimum absolute atomic E-state index is 0.0615. The molecule has 0 amide bonds. The fourth-order valence-corrected chi connectivity index (χ4v) is 2.78. The Labute approximate surface area is 137 Å². The van der Waals surface area contributed by atoms with Crippen molar-refractivity contribution in [1.29, 1.82) is 0 Å². The van der Waals surface area contributed by atoms with Crippen LogP contribution < -0.4 is 5.32 Å². The SMILES string of the molecule is CCNC(Cc1c(F)cccc1Cl)c1ccc(I)cc1. The van der Waals surface area contributed by atoms with Gasteiger partial charge >= 0.3 is 0 Å². The van der Waals surface area contributed by atoms with E-state index in [1.54, 1.807) is 12.1 Å². The van der Waals surface area contributed by atoms with Gasteiger partial charge in [-0.2, -0.15) is 0 Å². The molecule has 2 aromatic rings. The summed E-state index contributed by atoms with van der Waals surface area (Å²) < 4.78 is 15.1. The van der Waals surface area contributed by atoms with Crippen LogP contribution in [0.1, 0.15) is 24.1 Å². The average molecular weight is 404 g/mol. The van der Waals surface area contributed by atoms with Crippen LogP contribution in [0.15, 0.2) is 42.5 Å². The normalized spacial score (nSPS) is 12.4. The Morgan fingerprint density at radius 1 is 1.20 bits per heavy atom. The second kappa shape index (κ2) is 7.38. The smallest absolute Gasteiger partial charge is 0.127 e. The summed E-state index contributed by atoms with van der Waals surface area (Å²) in [6.45, 7) is 2.87. The van der Waals surface area contributed by atoms with Gasteiger partial charge in [0.25, 0.3) is 0 Å². The van der Waals surface area contributed by atoms with Gasteiger partial charge in [0.05, 0.1) is 0 Å². The van der Waals surface area contributed by atoms with Gasteiger partial charge in [-0.3, -0.25) is 0 Å². The van der Waals surface area contributed by atoms with E-state index < -0.39 is 0 Å². The second-order valence-electron chi connectivity index (χ2n) is 4.57. The van der Waals surface area contributed by atoms with E-state index >= 15 is 0 Å². The summed E-state index contributed by atoms with van der Waals surface area (Å²) in [6.07, 6.45) is 0.542. The van der Waals surface area contributed by atoms with Gasteiger partial charge in [0.2, 0.25) is 0 Å². The minimum atomic E-state index is -0.245. The standard InChI is InChI=1S/C16H16ClFIN/c1-2-20-16(11-6-8-12(19)9-7-11)10-13-14(17)4-3-5-15(13)18/h3-9,16,20H,2,10H2,1H3. The molecule has 0 spiro atoms. The van der Waals surface area contributed by atoms with Crippen molar-refractivity contribution in [1.82, 2.24) is 5.32 Å². The number of likely N-dealkylation sites (N-methyl/N-ethyl adjacent to an activating group) is 1. The summed E-state index contributed by atoms with van der Waals surface area (Å²) in [4.78, 5) is 0. The molecule has 1 atom stereocenters. The third-order valence-electron chi connectivity index (χ3n) is 3.19. The van der Waals surface area contributed by atoms with Crippen LogP contribution in [0.5, 0.6) is 0 Å². The summed E-state index contributed by atoms with van der Waals surface area (Å²) in [5.74, 6) is -0.245. The molecule has 0 heterocycles. The number of nitrogens with one attached hydrogen (secondary N) is 1. The summed E-state index contributed by atoms with van der Waals surface area (Å²) in [5, 5.41) is 3.88. The topological polar surface area (TPSA) is 12.0 Å². The average Bonchev–Trinajstić information content (AvgIpc) is 2.43. The molecule has 0 aliphatic rings. The lowest BCUT2D eigenvalue weighted by Crippen LogP contribution is -2.23. The van der Waals surface area contributed by atoms with Gasteiger partial charge < -0.3 is 5.32 Å². The zero-order chi connectivity index (χ0) is 14.5. The molecule has 2 aromatic carbocycles. The van der Waals surface area contributed by atoms with Crippen LogP contribution in [0.4, 0.5) is 4.39 Å². The maximum absolute atomic E-state index is 13.9. The molecule has 0 saturated carbocycles. The van der Waals surface area contributed by atoms with E-state index in [1.807, 2.05) is 6.92 Å². The lowest BCUT2D eigenvalue weighted by atomic mass is 9.98. The molecule has 1 N–H and O–H groups in total. The Morgan fingerprint density at radius 2 is 1.90 bits per heavy atom. The predicted molar refractivity (Wildman–Crippen MR) is 90.7 cm³/mol. The molecule has 1 nitrogen and oxygen atoms in total. The molecule has 106 valence electrons. The Morgan fingerprint density at radius 3 is 2.50 bits per heavy atom. The first kappa shape index (κ1) is 15.7. The minimum Gasteiger partial charge on any atom is -0.310 e. The van der Waals surface area contributed by atoms with E-state index in [4.69, 9.17) is 11.6 Å². The Balaban J connectivity index is 2.28. The Hall–Kier alpha value is -0.650. The molecule has 0 saturated heterocycles. The molecule has 0 fully saturated rings. The molecule has 2 rings (SSSR count). The van der Waals surface area contributed by atoms with Crippen LogP contribution in [0.2, 0.25) is 5.02 Å². The van der Waals surface area contributed by atoms with Crippen molar-refractivity contribution in [2.45, 2.75) is 19.4 Å². The van der Waals surface area contributed by atoms with Crippen molar-refractivity contribution >= 4 is 34.2 Å². The van der Waals surface area contributed by atoms with Gasteiger partial charge in [-0.25, -0.2) is 4.39 Å². The first-order valence-electron chi connectivity index (χ1n) is 6.53. The van der Waals surface area contributed by atoms with Crippen LogP contribution >= 0.6 is 34.2 Å². The number of hydrogen-bond acceptors (Lipinski definition) is 1. The molecule has 0 aromatic heterocycles. The third-order valence-corrected chi connectivity index (χ3v) is 4.27. The molecule has 20 heavy (non-hydrogen) atoms. The first-order valence-corrected chi connectivity index (χ1v) is 7.99. The lowest BCUT2D eigenvalue weighted by molar-refractivity contribution is 0.528. The van der Waals surface area contributed by atoms with Crippen LogP contribution in [0.3, 0.4) is 0 Å². The molecule has 1 unspecified atom stereocenters. The maximum atomic E-state index is 13.9. The number of hydrogen-bond donors (Lipinski definition) is 1.